The van der Waals surface area contributed by atoms with Crippen LogP contribution in [-0.2, 0) is 4.79 Å². The van der Waals surface area contributed by atoms with Gasteiger partial charge in [-0.25, -0.2) is 9.97 Å². The normalized spacial score (nSPS) is 16.3. The molecule has 1 aliphatic rings. The molecule has 1 saturated heterocycles. The molecule has 1 amide bonds. The van der Waals surface area contributed by atoms with E-state index in [9.17, 15) is 4.79 Å². The Balaban J connectivity index is 1.22. The average molecular weight is 441 g/mol. The summed E-state index contributed by atoms with van der Waals surface area (Å²) in [6.07, 6.45) is 5.44. The van der Waals surface area contributed by atoms with Gasteiger partial charge in [0.15, 0.2) is 0 Å². The number of fused-ring (bicyclic) bond motifs is 1. The van der Waals surface area contributed by atoms with Gasteiger partial charge in [-0.2, -0.15) is 0 Å². The Kier molecular flexibility index (Phi) is 6.30. The number of benzene rings is 2. The van der Waals surface area contributed by atoms with Gasteiger partial charge in [-0.15, -0.1) is 0 Å². The van der Waals surface area contributed by atoms with Crippen molar-refractivity contribution < 1.29 is 4.79 Å². The van der Waals surface area contributed by atoms with Gasteiger partial charge in [-0.05, 0) is 30.0 Å². The quantitative estimate of drug-likeness (QED) is 0.410. The number of H-pyrrole nitrogens is 1. The van der Waals surface area contributed by atoms with Crippen LogP contribution in [-0.4, -0.2) is 46.5 Å². The number of anilines is 1. The fourth-order valence-electron chi connectivity index (χ4n) is 4.59. The Morgan fingerprint density at radius 1 is 1.03 bits per heavy atom. The molecule has 0 radical (unpaired) electrons. The third-order valence-corrected chi connectivity index (χ3v) is 6.15. The second kappa shape index (κ2) is 9.83. The van der Waals surface area contributed by atoms with Gasteiger partial charge in [0.2, 0.25) is 5.91 Å². The number of rotatable bonds is 7. The van der Waals surface area contributed by atoms with Crippen LogP contribution in [0.2, 0.25) is 0 Å². The van der Waals surface area contributed by atoms with E-state index in [1.54, 1.807) is 6.33 Å². The van der Waals surface area contributed by atoms with Gasteiger partial charge in [0.25, 0.3) is 0 Å². The van der Waals surface area contributed by atoms with Crippen molar-refractivity contribution in [3.63, 3.8) is 0 Å². The summed E-state index contributed by atoms with van der Waals surface area (Å²) >= 11 is 0. The standard InChI is InChI=1S/C26H28N6O/c33-23(16-28-24(19-8-3-1-4-9-19)20-10-5-2-6-11-20)31-21-12-7-15-32(17-21)26-22-13-14-27-25(22)29-18-30-26/h1-6,8-11,13-14,18,21,24,28H,7,12,15-17H2,(H,31,33)(H,27,29,30)/t21-/m1/s1. The number of hydrogen-bond donors (Lipinski definition) is 3. The second-order valence-corrected chi connectivity index (χ2v) is 8.43. The Hall–Kier alpha value is -3.71. The molecule has 4 aromatic rings. The minimum atomic E-state index is -0.0381. The second-order valence-electron chi connectivity index (χ2n) is 8.43. The number of nitrogens with one attached hydrogen (secondary N) is 3. The molecule has 2 aromatic carbocycles. The average Bonchev–Trinajstić information content (AvgIpc) is 3.35. The van der Waals surface area contributed by atoms with E-state index in [1.807, 2.05) is 48.7 Å². The summed E-state index contributed by atoms with van der Waals surface area (Å²) in [4.78, 5) is 27.1. The van der Waals surface area contributed by atoms with Gasteiger partial charge in [0, 0.05) is 25.3 Å². The van der Waals surface area contributed by atoms with E-state index in [0.717, 1.165) is 53.9 Å². The van der Waals surface area contributed by atoms with E-state index >= 15 is 0 Å². The summed E-state index contributed by atoms with van der Waals surface area (Å²) in [7, 11) is 0. The molecule has 1 fully saturated rings. The minimum Gasteiger partial charge on any atom is -0.354 e. The van der Waals surface area contributed by atoms with Crippen LogP contribution in [0, 0.1) is 0 Å². The number of aromatic nitrogens is 3. The highest BCUT2D eigenvalue weighted by Gasteiger charge is 2.24. The zero-order valence-electron chi connectivity index (χ0n) is 18.4. The predicted octanol–water partition coefficient (Wildman–Crippen LogP) is 3.42. The fourth-order valence-corrected chi connectivity index (χ4v) is 4.59. The molecule has 7 heteroatoms. The molecule has 3 heterocycles. The molecular formula is C26H28N6O. The highest BCUT2D eigenvalue weighted by atomic mass is 16.2. The predicted molar refractivity (Wildman–Crippen MR) is 130 cm³/mol. The van der Waals surface area contributed by atoms with E-state index in [-0.39, 0.29) is 24.5 Å². The molecule has 1 aliphatic heterocycles. The maximum Gasteiger partial charge on any atom is 0.234 e. The summed E-state index contributed by atoms with van der Waals surface area (Å²) in [5.41, 5.74) is 3.11. The van der Waals surface area contributed by atoms with Crippen molar-refractivity contribution in [3.05, 3.63) is 90.4 Å². The minimum absolute atomic E-state index is 0.00758. The van der Waals surface area contributed by atoms with Crippen molar-refractivity contribution in [1.82, 2.24) is 25.6 Å². The molecular weight excluding hydrogens is 412 g/mol. The largest absolute Gasteiger partial charge is 0.354 e. The Morgan fingerprint density at radius 3 is 2.48 bits per heavy atom. The van der Waals surface area contributed by atoms with Gasteiger partial charge in [0.1, 0.15) is 17.8 Å². The van der Waals surface area contributed by atoms with E-state index in [2.05, 4.69) is 54.8 Å². The highest BCUT2D eigenvalue weighted by Crippen LogP contribution is 2.25. The van der Waals surface area contributed by atoms with Crippen molar-refractivity contribution in [2.45, 2.75) is 24.9 Å². The molecule has 168 valence electrons. The van der Waals surface area contributed by atoms with Gasteiger partial charge < -0.3 is 15.2 Å². The third-order valence-electron chi connectivity index (χ3n) is 6.15. The lowest BCUT2D eigenvalue weighted by Crippen LogP contribution is -2.50. The van der Waals surface area contributed by atoms with E-state index in [1.165, 1.54) is 0 Å². The number of carbonyl (C=O) groups is 1. The van der Waals surface area contributed by atoms with Crippen LogP contribution in [0.5, 0.6) is 0 Å². The smallest absolute Gasteiger partial charge is 0.234 e. The van der Waals surface area contributed by atoms with Crippen LogP contribution in [0.1, 0.15) is 30.0 Å². The molecule has 0 spiro atoms. The topological polar surface area (TPSA) is 85.9 Å². The van der Waals surface area contributed by atoms with Crippen molar-refractivity contribution in [2.24, 2.45) is 0 Å². The molecule has 0 unspecified atom stereocenters. The summed E-state index contributed by atoms with van der Waals surface area (Å²) in [5, 5.41) is 7.69. The molecule has 2 aromatic heterocycles. The third kappa shape index (κ3) is 4.88. The maximum absolute atomic E-state index is 12.9. The first kappa shape index (κ1) is 21.2. The Labute approximate surface area is 193 Å². The van der Waals surface area contributed by atoms with E-state index in [0.29, 0.717) is 0 Å². The zero-order valence-corrected chi connectivity index (χ0v) is 18.4. The molecule has 3 N–H and O–H groups in total. The van der Waals surface area contributed by atoms with Crippen LogP contribution in [0.3, 0.4) is 0 Å². The van der Waals surface area contributed by atoms with E-state index in [4.69, 9.17) is 0 Å². The lowest BCUT2D eigenvalue weighted by molar-refractivity contribution is -0.121. The first-order valence-electron chi connectivity index (χ1n) is 11.4. The summed E-state index contributed by atoms with van der Waals surface area (Å²) in [5.74, 6) is 0.930. The lowest BCUT2D eigenvalue weighted by Gasteiger charge is -2.34. The zero-order chi connectivity index (χ0) is 22.5. The molecule has 7 nitrogen and oxygen atoms in total. The number of carbonyl (C=O) groups excluding carboxylic acids is 1. The van der Waals surface area contributed by atoms with Crippen LogP contribution in [0.4, 0.5) is 5.82 Å². The van der Waals surface area contributed by atoms with Crippen molar-refractivity contribution in [1.29, 1.82) is 0 Å². The van der Waals surface area contributed by atoms with Gasteiger partial charge in [-0.1, -0.05) is 60.7 Å². The molecule has 0 aliphatic carbocycles. The van der Waals surface area contributed by atoms with Crippen LogP contribution in [0.25, 0.3) is 11.0 Å². The summed E-state index contributed by atoms with van der Waals surface area (Å²) < 4.78 is 0. The number of aromatic amines is 1. The van der Waals surface area contributed by atoms with Gasteiger partial charge in [-0.3, -0.25) is 10.1 Å². The molecule has 0 saturated carbocycles. The number of nitrogens with zero attached hydrogens (tertiary/aromatic N) is 3. The van der Waals surface area contributed by atoms with Crippen LogP contribution >= 0.6 is 0 Å². The fraction of sp³-hybridized carbons (Fsp3) is 0.269. The van der Waals surface area contributed by atoms with Gasteiger partial charge >= 0.3 is 0 Å². The summed E-state index contributed by atoms with van der Waals surface area (Å²) in [6.45, 7) is 1.91. The lowest BCUT2D eigenvalue weighted by atomic mass is 9.99. The van der Waals surface area contributed by atoms with Gasteiger partial charge in [0.05, 0.1) is 18.0 Å². The number of hydrogen-bond acceptors (Lipinski definition) is 5. The molecule has 0 bridgehead atoms. The number of amides is 1. The van der Waals surface area contributed by atoms with Crippen LogP contribution < -0.4 is 15.5 Å². The molecule has 5 rings (SSSR count). The molecule has 1 atom stereocenters. The first-order chi connectivity index (χ1) is 16.3. The Morgan fingerprint density at radius 2 is 1.76 bits per heavy atom. The van der Waals surface area contributed by atoms with E-state index < -0.39 is 0 Å². The maximum atomic E-state index is 12.9. The monoisotopic (exact) mass is 440 g/mol. The Bertz CT molecular complexity index is 1150. The first-order valence-corrected chi connectivity index (χ1v) is 11.4. The van der Waals surface area contributed by atoms with Crippen molar-refractivity contribution in [2.75, 3.05) is 24.5 Å². The van der Waals surface area contributed by atoms with Crippen molar-refractivity contribution >= 4 is 22.8 Å². The molecule has 33 heavy (non-hydrogen) atoms. The number of piperidine rings is 1. The summed E-state index contributed by atoms with van der Waals surface area (Å²) in [6, 6.07) is 22.5. The SMILES string of the molecule is O=C(CNC(c1ccccc1)c1ccccc1)N[C@@H]1CCCN(c2ncnc3[nH]ccc23)C1. The van der Waals surface area contributed by atoms with Crippen molar-refractivity contribution in [3.8, 4) is 0 Å². The highest BCUT2D eigenvalue weighted by molar-refractivity contribution is 5.87. The van der Waals surface area contributed by atoms with Crippen LogP contribution in [0.15, 0.2) is 79.3 Å².